The molecule has 0 aliphatic carbocycles. The van der Waals surface area contributed by atoms with E-state index < -0.39 is 6.17 Å². The van der Waals surface area contributed by atoms with Crippen LogP contribution in [0.2, 0.25) is 0 Å². The molecule has 2 aliphatic rings. The molecular weight excluding hydrogens is 203 g/mol. The summed E-state index contributed by atoms with van der Waals surface area (Å²) in [6.45, 7) is 9.47. The Morgan fingerprint density at radius 1 is 1.19 bits per heavy atom. The van der Waals surface area contributed by atoms with Gasteiger partial charge < -0.3 is 5.32 Å². The topological polar surface area (TPSA) is 15.3 Å². The van der Waals surface area contributed by atoms with Gasteiger partial charge in [0.25, 0.3) is 0 Å². The molecule has 0 radical (unpaired) electrons. The predicted octanol–water partition coefficient (Wildman–Crippen LogP) is 2.20. The van der Waals surface area contributed by atoms with Gasteiger partial charge in [-0.3, -0.25) is 4.90 Å². The number of halogens is 1. The van der Waals surface area contributed by atoms with Crippen LogP contribution in [0, 0.1) is 5.92 Å². The number of nitrogens with one attached hydrogen (secondary N) is 1. The average molecular weight is 228 g/mol. The molecule has 0 amide bonds. The lowest BCUT2D eigenvalue weighted by Crippen LogP contribution is -2.49. The van der Waals surface area contributed by atoms with Crippen molar-refractivity contribution in [2.75, 3.05) is 19.6 Å². The van der Waals surface area contributed by atoms with Crippen molar-refractivity contribution in [3.8, 4) is 0 Å². The summed E-state index contributed by atoms with van der Waals surface area (Å²) in [5, 5.41) is 3.39. The third kappa shape index (κ3) is 2.57. The maximum absolute atomic E-state index is 13.7. The first-order chi connectivity index (χ1) is 7.48. The zero-order valence-electron chi connectivity index (χ0n) is 10.8. The summed E-state index contributed by atoms with van der Waals surface area (Å²) < 4.78 is 13.7. The van der Waals surface area contributed by atoms with E-state index in [1.54, 1.807) is 0 Å². The zero-order valence-corrected chi connectivity index (χ0v) is 10.8. The van der Waals surface area contributed by atoms with E-state index in [0.29, 0.717) is 18.5 Å². The van der Waals surface area contributed by atoms with Gasteiger partial charge in [0.05, 0.1) is 0 Å². The van der Waals surface area contributed by atoms with E-state index in [-0.39, 0.29) is 5.54 Å². The van der Waals surface area contributed by atoms with Gasteiger partial charge >= 0.3 is 0 Å². The lowest BCUT2D eigenvalue weighted by Gasteiger charge is -2.41. The number of alkyl halides is 1. The van der Waals surface area contributed by atoms with E-state index in [1.165, 1.54) is 12.8 Å². The molecule has 16 heavy (non-hydrogen) atoms. The highest BCUT2D eigenvalue weighted by Crippen LogP contribution is 2.35. The maximum atomic E-state index is 13.7. The van der Waals surface area contributed by atoms with Gasteiger partial charge in [0.2, 0.25) is 0 Å². The van der Waals surface area contributed by atoms with Crippen LogP contribution in [0.15, 0.2) is 0 Å². The second kappa shape index (κ2) is 4.61. The molecule has 2 rings (SSSR count). The molecule has 0 unspecified atom stereocenters. The smallest absolute Gasteiger partial charge is 0.114 e. The van der Waals surface area contributed by atoms with Crippen LogP contribution in [0.25, 0.3) is 0 Å². The summed E-state index contributed by atoms with van der Waals surface area (Å²) >= 11 is 0. The lowest BCUT2D eigenvalue weighted by molar-refractivity contribution is 0.0733. The highest BCUT2D eigenvalue weighted by molar-refractivity contribution is 4.96. The number of piperidine rings is 1. The molecule has 0 bridgehead atoms. The first kappa shape index (κ1) is 12.3. The highest BCUT2D eigenvalue weighted by atomic mass is 19.1. The van der Waals surface area contributed by atoms with Crippen LogP contribution in [0.3, 0.4) is 0 Å². The number of likely N-dealkylation sites (tertiary alicyclic amines) is 1. The summed E-state index contributed by atoms with van der Waals surface area (Å²) in [6, 6.07) is 0.470. The van der Waals surface area contributed by atoms with Crippen LogP contribution < -0.4 is 5.32 Å². The van der Waals surface area contributed by atoms with Gasteiger partial charge in [-0.25, -0.2) is 4.39 Å². The molecular formula is C13H25FN2. The minimum Gasteiger partial charge on any atom is -0.317 e. The van der Waals surface area contributed by atoms with Gasteiger partial charge in [0, 0.05) is 18.1 Å². The molecule has 0 spiro atoms. The maximum Gasteiger partial charge on any atom is 0.114 e. The molecule has 0 saturated carbocycles. The minimum atomic E-state index is -0.612. The second-order valence-corrected chi connectivity index (χ2v) is 6.31. The van der Waals surface area contributed by atoms with Crippen LogP contribution in [0.4, 0.5) is 4.39 Å². The molecule has 2 heterocycles. The molecule has 2 fully saturated rings. The Morgan fingerprint density at radius 2 is 1.81 bits per heavy atom. The SMILES string of the molecule is CC(C)(C)N1C[C@@H](F)C[C@H]1C1CCNCC1. The summed E-state index contributed by atoms with van der Waals surface area (Å²) in [7, 11) is 0. The van der Waals surface area contributed by atoms with Crippen LogP contribution in [-0.4, -0.2) is 42.3 Å². The van der Waals surface area contributed by atoms with Crippen molar-refractivity contribution < 1.29 is 4.39 Å². The molecule has 2 atom stereocenters. The molecule has 94 valence electrons. The van der Waals surface area contributed by atoms with Gasteiger partial charge in [-0.05, 0) is 59.0 Å². The van der Waals surface area contributed by atoms with Gasteiger partial charge in [-0.1, -0.05) is 0 Å². The zero-order chi connectivity index (χ0) is 11.8. The number of nitrogens with zero attached hydrogens (tertiary/aromatic N) is 1. The normalized spacial score (nSPS) is 34.5. The summed E-state index contributed by atoms with van der Waals surface area (Å²) in [5.41, 5.74) is 0.108. The van der Waals surface area contributed by atoms with Gasteiger partial charge in [-0.2, -0.15) is 0 Å². The van der Waals surface area contributed by atoms with Crippen molar-refractivity contribution in [1.29, 1.82) is 0 Å². The first-order valence-electron chi connectivity index (χ1n) is 6.60. The minimum absolute atomic E-state index is 0.108. The fraction of sp³-hybridized carbons (Fsp3) is 1.00. The summed E-state index contributed by atoms with van der Waals surface area (Å²) in [6.07, 6.45) is 2.56. The van der Waals surface area contributed by atoms with Crippen molar-refractivity contribution >= 4 is 0 Å². The lowest BCUT2D eigenvalue weighted by atomic mass is 9.87. The molecule has 1 N–H and O–H groups in total. The van der Waals surface area contributed by atoms with Crippen molar-refractivity contribution in [1.82, 2.24) is 10.2 Å². The Labute approximate surface area is 98.6 Å². The Hall–Kier alpha value is -0.150. The molecule has 0 aromatic rings. The summed E-state index contributed by atoms with van der Waals surface area (Å²) in [5.74, 6) is 0.696. The van der Waals surface area contributed by atoms with Gasteiger partial charge in [0.1, 0.15) is 6.17 Å². The number of hydrogen-bond donors (Lipinski definition) is 1. The largest absolute Gasteiger partial charge is 0.317 e. The van der Waals surface area contributed by atoms with Crippen molar-refractivity contribution in [3.63, 3.8) is 0 Å². The summed E-state index contributed by atoms with van der Waals surface area (Å²) in [4.78, 5) is 2.40. The van der Waals surface area contributed by atoms with Crippen LogP contribution >= 0.6 is 0 Å². The quantitative estimate of drug-likeness (QED) is 0.740. The predicted molar refractivity (Wildman–Crippen MR) is 65.4 cm³/mol. The molecule has 2 saturated heterocycles. The molecule has 0 aromatic heterocycles. The Morgan fingerprint density at radius 3 is 2.38 bits per heavy atom. The number of hydrogen-bond acceptors (Lipinski definition) is 2. The van der Waals surface area contributed by atoms with E-state index in [4.69, 9.17) is 0 Å². The van der Waals surface area contributed by atoms with E-state index in [1.807, 2.05) is 0 Å². The monoisotopic (exact) mass is 228 g/mol. The standard InChI is InChI=1S/C13H25FN2/c1-13(2,3)16-9-11(14)8-12(16)10-4-6-15-7-5-10/h10-12,15H,4-9H2,1-3H3/t11-,12-/m0/s1. The van der Waals surface area contributed by atoms with Crippen molar-refractivity contribution in [2.24, 2.45) is 5.92 Å². The second-order valence-electron chi connectivity index (χ2n) is 6.31. The van der Waals surface area contributed by atoms with Gasteiger partial charge in [0.15, 0.2) is 0 Å². The van der Waals surface area contributed by atoms with E-state index >= 15 is 0 Å². The fourth-order valence-corrected chi connectivity index (χ4v) is 3.26. The third-order valence-electron chi connectivity index (χ3n) is 4.08. The van der Waals surface area contributed by atoms with Crippen LogP contribution in [0.5, 0.6) is 0 Å². The van der Waals surface area contributed by atoms with Crippen molar-refractivity contribution in [3.05, 3.63) is 0 Å². The van der Waals surface area contributed by atoms with Gasteiger partial charge in [-0.15, -0.1) is 0 Å². The van der Waals surface area contributed by atoms with E-state index in [2.05, 4.69) is 31.0 Å². The Bertz CT molecular complexity index is 231. The fourth-order valence-electron chi connectivity index (χ4n) is 3.26. The third-order valence-corrected chi connectivity index (χ3v) is 4.08. The highest BCUT2D eigenvalue weighted by Gasteiger charge is 2.42. The molecule has 3 heteroatoms. The van der Waals surface area contributed by atoms with Crippen LogP contribution in [0.1, 0.15) is 40.0 Å². The first-order valence-corrected chi connectivity index (χ1v) is 6.60. The number of rotatable bonds is 1. The average Bonchev–Trinajstić information content (AvgIpc) is 2.61. The van der Waals surface area contributed by atoms with E-state index in [0.717, 1.165) is 19.5 Å². The van der Waals surface area contributed by atoms with E-state index in [9.17, 15) is 4.39 Å². The Kier molecular flexibility index (Phi) is 3.55. The molecule has 2 nitrogen and oxygen atoms in total. The van der Waals surface area contributed by atoms with Crippen LogP contribution in [-0.2, 0) is 0 Å². The Balaban J connectivity index is 2.05. The van der Waals surface area contributed by atoms with Crippen molar-refractivity contribution in [2.45, 2.75) is 57.8 Å². The molecule has 0 aromatic carbocycles. The molecule has 2 aliphatic heterocycles.